The molecule has 1 amide bonds. The van der Waals surface area contributed by atoms with E-state index in [1.54, 1.807) is 12.1 Å². The van der Waals surface area contributed by atoms with Crippen molar-refractivity contribution in [3.63, 3.8) is 0 Å². The number of halogens is 1. The van der Waals surface area contributed by atoms with Crippen LogP contribution in [0.15, 0.2) is 47.4 Å². The van der Waals surface area contributed by atoms with Crippen LogP contribution in [0.2, 0.25) is 5.02 Å². The molecule has 1 aliphatic heterocycles. The largest absolute Gasteiger partial charge is 0.492 e. The summed E-state index contributed by atoms with van der Waals surface area (Å²) in [6.45, 7) is 1.71. The van der Waals surface area contributed by atoms with Gasteiger partial charge in [-0.2, -0.15) is 4.31 Å². The second-order valence-electron chi connectivity index (χ2n) is 7.16. The first-order chi connectivity index (χ1) is 15.6. The van der Waals surface area contributed by atoms with E-state index in [9.17, 15) is 21.6 Å². The summed E-state index contributed by atoms with van der Waals surface area (Å²) in [4.78, 5) is 12.5. The number of carbonyl (C=O) groups excluding carboxylic acids is 1. The summed E-state index contributed by atoms with van der Waals surface area (Å²) in [7, 11) is -7.03. The molecule has 2 aromatic rings. The van der Waals surface area contributed by atoms with Gasteiger partial charge in [-0.05, 0) is 42.5 Å². The standard InChI is InChI=1S/C20H24ClN3O7S2/c1-32(26,27)23-15-2-7-18(19(21)14-15)20(25)22-8-11-31-16-3-5-17(6-4-16)33(28,29)24-9-12-30-13-10-24/h2-7,14,23H,8-13H2,1H3,(H,22,25). The number of benzene rings is 2. The van der Waals surface area contributed by atoms with Crippen LogP contribution in [0.4, 0.5) is 5.69 Å². The Bertz CT molecular complexity index is 1200. The first-order valence-corrected chi connectivity index (χ1v) is 13.6. The van der Waals surface area contributed by atoms with E-state index in [1.165, 1.54) is 34.6 Å². The molecule has 13 heteroatoms. The van der Waals surface area contributed by atoms with Crippen molar-refractivity contribution in [2.75, 3.05) is 50.4 Å². The number of ether oxygens (including phenoxy) is 2. The molecule has 0 spiro atoms. The van der Waals surface area contributed by atoms with Gasteiger partial charge in [0, 0.05) is 18.8 Å². The van der Waals surface area contributed by atoms with E-state index < -0.39 is 26.0 Å². The Labute approximate surface area is 197 Å². The molecule has 2 N–H and O–H groups in total. The van der Waals surface area contributed by atoms with Gasteiger partial charge < -0.3 is 14.8 Å². The third-order valence-corrected chi connectivity index (χ3v) is 7.44. The number of anilines is 1. The maximum Gasteiger partial charge on any atom is 0.252 e. The Balaban J connectivity index is 1.49. The summed E-state index contributed by atoms with van der Waals surface area (Å²) in [5, 5.41) is 2.75. The molecular formula is C20H24ClN3O7S2. The summed E-state index contributed by atoms with van der Waals surface area (Å²) in [5.74, 6) is 0.0147. The highest BCUT2D eigenvalue weighted by atomic mass is 35.5. The second-order valence-corrected chi connectivity index (χ2v) is 11.3. The fraction of sp³-hybridized carbons (Fsp3) is 0.350. The highest BCUT2D eigenvalue weighted by Gasteiger charge is 2.26. The molecular weight excluding hydrogens is 494 g/mol. The van der Waals surface area contributed by atoms with Crippen LogP contribution in [0, 0.1) is 0 Å². The molecule has 0 bridgehead atoms. The number of amides is 1. The number of nitrogens with zero attached hydrogens (tertiary/aromatic N) is 1. The van der Waals surface area contributed by atoms with Gasteiger partial charge in [-0.15, -0.1) is 0 Å². The van der Waals surface area contributed by atoms with Crippen molar-refractivity contribution in [2.45, 2.75) is 4.90 Å². The number of hydrogen-bond donors (Lipinski definition) is 2. The molecule has 180 valence electrons. The Hall–Kier alpha value is -2.38. The third-order valence-electron chi connectivity index (χ3n) is 4.60. The van der Waals surface area contributed by atoms with Crippen LogP contribution < -0.4 is 14.8 Å². The third kappa shape index (κ3) is 7.05. The molecule has 1 fully saturated rings. The van der Waals surface area contributed by atoms with Crippen molar-refractivity contribution in [1.82, 2.24) is 9.62 Å². The molecule has 1 heterocycles. The van der Waals surface area contributed by atoms with Gasteiger partial charge >= 0.3 is 0 Å². The topological polar surface area (TPSA) is 131 Å². The van der Waals surface area contributed by atoms with Crippen LogP contribution in [-0.4, -0.2) is 72.8 Å². The van der Waals surface area contributed by atoms with Crippen molar-refractivity contribution in [3.8, 4) is 5.75 Å². The lowest BCUT2D eigenvalue weighted by molar-refractivity contribution is 0.0730. The van der Waals surface area contributed by atoms with Crippen molar-refractivity contribution in [2.24, 2.45) is 0 Å². The van der Waals surface area contributed by atoms with E-state index in [-0.39, 0.29) is 34.3 Å². The van der Waals surface area contributed by atoms with Crippen molar-refractivity contribution in [1.29, 1.82) is 0 Å². The molecule has 0 unspecified atom stereocenters. The summed E-state index contributed by atoms with van der Waals surface area (Å²) in [6.07, 6.45) is 1.01. The van der Waals surface area contributed by atoms with Crippen LogP contribution in [-0.2, 0) is 24.8 Å². The average Bonchev–Trinajstić information content (AvgIpc) is 2.76. The molecule has 2 aromatic carbocycles. The molecule has 0 aromatic heterocycles. The van der Waals surface area contributed by atoms with Crippen LogP contribution in [0.1, 0.15) is 10.4 Å². The quantitative estimate of drug-likeness (QED) is 0.482. The minimum atomic E-state index is -3.57. The Morgan fingerprint density at radius 1 is 1.09 bits per heavy atom. The molecule has 1 aliphatic rings. The molecule has 0 saturated carbocycles. The lowest BCUT2D eigenvalue weighted by Gasteiger charge is -2.26. The summed E-state index contributed by atoms with van der Waals surface area (Å²) in [6, 6.07) is 10.3. The zero-order valence-electron chi connectivity index (χ0n) is 17.8. The number of hydrogen-bond acceptors (Lipinski definition) is 7. The summed E-state index contributed by atoms with van der Waals surface area (Å²) in [5.41, 5.74) is 0.440. The molecule has 0 atom stereocenters. The molecule has 33 heavy (non-hydrogen) atoms. The number of sulfonamides is 2. The predicted octanol–water partition coefficient (Wildman–Crippen LogP) is 1.54. The molecule has 0 aliphatic carbocycles. The molecule has 10 nitrogen and oxygen atoms in total. The van der Waals surface area contributed by atoms with E-state index in [2.05, 4.69) is 10.0 Å². The predicted molar refractivity (Wildman–Crippen MR) is 124 cm³/mol. The zero-order chi connectivity index (χ0) is 24.1. The number of carbonyl (C=O) groups is 1. The van der Waals surface area contributed by atoms with Crippen molar-refractivity contribution < 1.29 is 31.1 Å². The highest BCUT2D eigenvalue weighted by Crippen LogP contribution is 2.22. The van der Waals surface area contributed by atoms with Gasteiger partial charge in [0.05, 0.1) is 41.5 Å². The van der Waals surface area contributed by atoms with Gasteiger partial charge in [-0.1, -0.05) is 11.6 Å². The summed E-state index contributed by atoms with van der Waals surface area (Å²) >= 11 is 6.08. The van der Waals surface area contributed by atoms with Gasteiger partial charge in [0.1, 0.15) is 12.4 Å². The van der Waals surface area contributed by atoms with Gasteiger partial charge in [0.25, 0.3) is 5.91 Å². The monoisotopic (exact) mass is 517 g/mol. The highest BCUT2D eigenvalue weighted by molar-refractivity contribution is 7.92. The fourth-order valence-corrected chi connectivity index (χ4v) is 5.28. The number of morpholine rings is 1. The number of rotatable bonds is 9. The fourth-order valence-electron chi connectivity index (χ4n) is 3.05. The van der Waals surface area contributed by atoms with Gasteiger partial charge in [-0.25, -0.2) is 16.8 Å². The maximum atomic E-state index is 12.6. The molecule has 0 radical (unpaired) electrons. The second kappa shape index (κ2) is 10.7. The Morgan fingerprint density at radius 2 is 1.76 bits per heavy atom. The molecule has 1 saturated heterocycles. The first-order valence-electron chi connectivity index (χ1n) is 9.92. The van der Waals surface area contributed by atoms with Crippen LogP contribution in [0.3, 0.4) is 0 Å². The van der Waals surface area contributed by atoms with Crippen molar-refractivity contribution in [3.05, 3.63) is 53.1 Å². The Morgan fingerprint density at radius 3 is 2.36 bits per heavy atom. The normalized spacial score (nSPS) is 15.1. The first kappa shape index (κ1) is 25.2. The lowest BCUT2D eigenvalue weighted by atomic mass is 10.2. The lowest BCUT2D eigenvalue weighted by Crippen LogP contribution is -2.40. The zero-order valence-corrected chi connectivity index (χ0v) is 20.2. The van der Waals surface area contributed by atoms with Gasteiger partial charge in [0.15, 0.2) is 0 Å². The van der Waals surface area contributed by atoms with Crippen LogP contribution >= 0.6 is 11.6 Å². The van der Waals surface area contributed by atoms with Crippen LogP contribution in [0.5, 0.6) is 5.75 Å². The average molecular weight is 518 g/mol. The number of nitrogens with one attached hydrogen (secondary N) is 2. The van der Waals surface area contributed by atoms with Crippen LogP contribution in [0.25, 0.3) is 0 Å². The van der Waals surface area contributed by atoms with Gasteiger partial charge in [0.2, 0.25) is 20.0 Å². The summed E-state index contributed by atoms with van der Waals surface area (Å²) < 4.78 is 62.2. The van der Waals surface area contributed by atoms with Crippen molar-refractivity contribution >= 4 is 43.2 Å². The van der Waals surface area contributed by atoms with E-state index in [4.69, 9.17) is 21.1 Å². The van der Waals surface area contributed by atoms with E-state index in [0.717, 1.165) is 6.26 Å². The molecule has 3 rings (SSSR count). The minimum Gasteiger partial charge on any atom is -0.492 e. The minimum absolute atomic E-state index is 0.0964. The Kier molecular flexibility index (Phi) is 8.19. The van der Waals surface area contributed by atoms with E-state index in [0.29, 0.717) is 32.1 Å². The van der Waals surface area contributed by atoms with E-state index >= 15 is 0 Å². The maximum absolute atomic E-state index is 12.6. The SMILES string of the molecule is CS(=O)(=O)Nc1ccc(C(=O)NCCOc2ccc(S(=O)(=O)N3CCOCC3)cc2)c(Cl)c1. The van der Waals surface area contributed by atoms with Gasteiger partial charge in [-0.3, -0.25) is 9.52 Å². The smallest absolute Gasteiger partial charge is 0.252 e. The van der Waals surface area contributed by atoms with E-state index in [1.807, 2.05) is 0 Å².